The van der Waals surface area contributed by atoms with Crippen LogP contribution < -0.4 is 25.4 Å². The number of rotatable bonds is 8. The zero-order chi connectivity index (χ0) is 18.4. The van der Waals surface area contributed by atoms with Crippen LogP contribution in [0.25, 0.3) is 0 Å². The number of halogens is 2. The third-order valence-corrected chi connectivity index (χ3v) is 5.45. The van der Waals surface area contributed by atoms with Gasteiger partial charge in [0.15, 0.2) is 0 Å². The molecule has 0 saturated carbocycles. The fraction of sp³-hybridized carbons (Fsp3) is 0.632. The molecule has 1 aromatic rings. The van der Waals surface area contributed by atoms with Crippen molar-refractivity contribution in [2.75, 3.05) is 38.8 Å². The number of benzene rings is 1. The minimum absolute atomic E-state index is 0. The molecule has 1 aliphatic rings. The second-order valence-electron chi connectivity index (χ2n) is 6.67. The summed E-state index contributed by atoms with van der Waals surface area (Å²) in [5.74, 6) is 1.61. The third-order valence-electron chi connectivity index (χ3n) is 5.45. The maximum atomic E-state index is 12.7. The van der Waals surface area contributed by atoms with Gasteiger partial charge in [0.1, 0.15) is 11.5 Å². The Labute approximate surface area is 175 Å². The van der Waals surface area contributed by atoms with E-state index in [0.717, 1.165) is 49.5 Å². The van der Waals surface area contributed by atoms with E-state index in [0.29, 0.717) is 6.54 Å². The lowest BCUT2D eigenvalue weighted by Gasteiger charge is -2.30. The van der Waals surface area contributed by atoms with Gasteiger partial charge in [0.05, 0.1) is 19.6 Å². The van der Waals surface area contributed by atoms with Crippen LogP contribution in [0.3, 0.4) is 0 Å². The molecule has 1 fully saturated rings. The Morgan fingerprint density at radius 3 is 2.19 bits per heavy atom. The second kappa shape index (κ2) is 11.5. The Bertz CT molecular complexity index is 567. The number of carbonyl (C=O) groups is 1. The highest BCUT2D eigenvalue weighted by Crippen LogP contribution is 2.31. The van der Waals surface area contributed by atoms with Crippen LogP contribution in [0, 0.1) is 5.41 Å². The van der Waals surface area contributed by atoms with E-state index < -0.39 is 5.41 Å². The average molecular weight is 422 g/mol. The molecule has 8 heteroatoms. The average Bonchev–Trinajstić information content (AvgIpc) is 3.11. The summed E-state index contributed by atoms with van der Waals surface area (Å²) < 4.78 is 10.7. The summed E-state index contributed by atoms with van der Waals surface area (Å²) in [5.41, 5.74) is 6.48. The molecule has 0 bridgehead atoms. The summed E-state index contributed by atoms with van der Waals surface area (Å²) >= 11 is 0. The molecule has 1 heterocycles. The van der Waals surface area contributed by atoms with Crippen molar-refractivity contribution in [2.45, 2.75) is 39.2 Å². The van der Waals surface area contributed by atoms with E-state index in [4.69, 9.17) is 15.2 Å². The van der Waals surface area contributed by atoms with E-state index in [1.165, 1.54) is 0 Å². The normalized spacial score (nSPS) is 16.2. The van der Waals surface area contributed by atoms with Crippen molar-refractivity contribution >= 4 is 36.4 Å². The van der Waals surface area contributed by atoms with Crippen LogP contribution in [0.2, 0.25) is 0 Å². The molecule has 1 saturated heterocycles. The minimum atomic E-state index is -0.452. The summed E-state index contributed by atoms with van der Waals surface area (Å²) in [5, 5.41) is 3.21. The molecule has 0 aliphatic carbocycles. The van der Waals surface area contributed by atoms with Gasteiger partial charge in [0.25, 0.3) is 0 Å². The van der Waals surface area contributed by atoms with Crippen molar-refractivity contribution in [1.29, 1.82) is 0 Å². The SMILES string of the molecule is CCC(CC)(CN)C(=O)NC1CCN(c2cc(OC)cc(OC)c2)C1.Cl.Cl. The van der Waals surface area contributed by atoms with Crippen molar-refractivity contribution < 1.29 is 14.3 Å². The molecule has 0 radical (unpaired) electrons. The van der Waals surface area contributed by atoms with E-state index in [1.54, 1.807) is 14.2 Å². The van der Waals surface area contributed by atoms with Crippen LogP contribution in [0.4, 0.5) is 5.69 Å². The first-order chi connectivity index (χ1) is 12.0. The monoisotopic (exact) mass is 421 g/mol. The molecule has 1 aromatic carbocycles. The lowest BCUT2D eigenvalue weighted by molar-refractivity contribution is -0.131. The van der Waals surface area contributed by atoms with Gasteiger partial charge < -0.3 is 25.4 Å². The van der Waals surface area contributed by atoms with Crippen molar-refractivity contribution in [3.8, 4) is 11.5 Å². The second-order valence-corrected chi connectivity index (χ2v) is 6.67. The van der Waals surface area contributed by atoms with Gasteiger partial charge in [0, 0.05) is 49.6 Å². The Hall–Kier alpha value is -1.37. The molecule has 6 nitrogen and oxygen atoms in total. The lowest BCUT2D eigenvalue weighted by atomic mass is 9.81. The van der Waals surface area contributed by atoms with Gasteiger partial charge in [-0.2, -0.15) is 0 Å². The van der Waals surface area contributed by atoms with Crippen molar-refractivity contribution in [3.63, 3.8) is 0 Å². The van der Waals surface area contributed by atoms with Gasteiger partial charge in [-0.3, -0.25) is 4.79 Å². The number of amides is 1. The largest absolute Gasteiger partial charge is 0.497 e. The third kappa shape index (κ3) is 5.80. The lowest BCUT2D eigenvalue weighted by Crippen LogP contribution is -2.49. The van der Waals surface area contributed by atoms with E-state index in [9.17, 15) is 4.79 Å². The van der Waals surface area contributed by atoms with Crippen LogP contribution in [-0.2, 0) is 4.79 Å². The highest BCUT2D eigenvalue weighted by atomic mass is 35.5. The van der Waals surface area contributed by atoms with Crippen LogP contribution in [-0.4, -0.2) is 45.8 Å². The molecule has 27 heavy (non-hydrogen) atoms. The molecular weight excluding hydrogens is 389 g/mol. The first-order valence-electron chi connectivity index (χ1n) is 9.01. The molecule has 1 atom stereocenters. The van der Waals surface area contributed by atoms with Gasteiger partial charge in [-0.25, -0.2) is 0 Å². The predicted octanol–water partition coefficient (Wildman–Crippen LogP) is 3.01. The molecule has 0 spiro atoms. The van der Waals surface area contributed by atoms with E-state index in [2.05, 4.69) is 10.2 Å². The topological polar surface area (TPSA) is 76.8 Å². The van der Waals surface area contributed by atoms with Crippen LogP contribution in [0.5, 0.6) is 11.5 Å². The van der Waals surface area contributed by atoms with Gasteiger partial charge in [0.2, 0.25) is 5.91 Å². The van der Waals surface area contributed by atoms with E-state index in [-0.39, 0.29) is 36.8 Å². The van der Waals surface area contributed by atoms with Crippen LogP contribution in [0.15, 0.2) is 18.2 Å². The predicted molar refractivity (Wildman–Crippen MR) is 115 cm³/mol. The van der Waals surface area contributed by atoms with Crippen molar-refractivity contribution in [1.82, 2.24) is 5.32 Å². The number of nitrogens with zero attached hydrogens (tertiary/aromatic N) is 1. The number of carbonyl (C=O) groups excluding carboxylic acids is 1. The Morgan fingerprint density at radius 2 is 1.74 bits per heavy atom. The molecule has 3 N–H and O–H groups in total. The van der Waals surface area contributed by atoms with E-state index >= 15 is 0 Å². The fourth-order valence-electron chi connectivity index (χ4n) is 3.38. The first-order valence-corrected chi connectivity index (χ1v) is 9.01. The molecular formula is C19H33Cl2N3O3. The molecule has 1 unspecified atom stereocenters. The molecule has 0 aromatic heterocycles. The standard InChI is InChI=1S/C19H31N3O3.2ClH/c1-5-19(6-2,13-20)18(23)21-14-7-8-22(12-14)15-9-16(24-3)11-17(10-15)25-4;;/h9-11,14H,5-8,12-13,20H2,1-4H3,(H,21,23);2*1H. The molecule has 156 valence electrons. The molecule has 2 rings (SSSR count). The van der Waals surface area contributed by atoms with Gasteiger partial charge in [-0.1, -0.05) is 13.8 Å². The first kappa shape index (κ1) is 25.6. The van der Waals surface area contributed by atoms with E-state index in [1.807, 2.05) is 32.0 Å². The van der Waals surface area contributed by atoms with Crippen molar-refractivity contribution in [2.24, 2.45) is 11.1 Å². The number of hydrogen-bond acceptors (Lipinski definition) is 5. The number of nitrogens with one attached hydrogen (secondary N) is 1. The quantitative estimate of drug-likeness (QED) is 0.674. The Balaban J connectivity index is 0.00000338. The maximum Gasteiger partial charge on any atom is 0.227 e. The number of ether oxygens (including phenoxy) is 2. The Kier molecular flexibility index (Phi) is 10.9. The smallest absolute Gasteiger partial charge is 0.227 e. The zero-order valence-electron chi connectivity index (χ0n) is 16.6. The van der Waals surface area contributed by atoms with Gasteiger partial charge in [-0.15, -0.1) is 24.8 Å². The summed E-state index contributed by atoms with van der Waals surface area (Å²) in [6, 6.07) is 5.98. The molecule has 1 amide bonds. The van der Waals surface area contributed by atoms with Crippen LogP contribution >= 0.6 is 24.8 Å². The van der Waals surface area contributed by atoms with Gasteiger partial charge in [-0.05, 0) is 19.3 Å². The number of hydrogen-bond donors (Lipinski definition) is 2. The fourth-order valence-corrected chi connectivity index (χ4v) is 3.38. The number of nitrogens with two attached hydrogens (primary N) is 1. The number of methoxy groups -OCH3 is 2. The summed E-state index contributed by atoms with van der Waals surface area (Å²) in [4.78, 5) is 15.0. The Morgan fingerprint density at radius 1 is 1.19 bits per heavy atom. The number of anilines is 1. The van der Waals surface area contributed by atoms with Crippen LogP contribution in [0.1, 0.15) is 33.1 Å². The highest BCUT2D eigenvalue weighted by molar-refractivity contribution is 5.85. The summed E-state index contributed by atoms with van der Waals surface area (Å²) in [6.45, 7) is 6.10. The zero-order valence-corrected chi connectivity index (χ0v) is 18.3. The minimum Gasteiger partial charge on any atom is -0.497 e. The highest BCUT2D eigenvalue weighted by Gasteiger charge is 2.35. The summed E-state index contributed by atoms with van der Waals surface area (Å²) in [6.07, 6.45) is 2.43. The van der Waals surface area contributed by atoms with Gasteiger partial charge >= 0.3 is 0 Å². The van der Waals surface area contributed by atoms with Crippen molar-refractivity contribution in [3.05, 3.63) is 18.2 Å². The molecule has 1 aliphatic heterocycles. The maximum absolute atomic E-state index is 12.7. The summed E-state index contributed by atoms with van der Waals surface area (Å²) in [7, 11) is 3.29.